The molecule has 0 radical (unpaired) electrons. The Kier molecular flexibility index (Phi) is 37.5. The van der Waals surface area contributed by atoms with Gasteiger partial charge in [-0.25, -0.2) is 0 Å². The van der Waals surface area contributed by atoms with Gasteiger partial charge in [-0.1, -0.05) is 159 Å². The summed E-state index contributed by atoms with van der Waals surface area (Å²) in [5, 5.41) is 75.4. The van der Waals surface area contributed by atoms with Crippen LogP contribution in [-0.4, -0.2) is 153 Å². The fourth-order valence-corrected chi connectivity index (χ4v) is 13.0. The number of nitrogens with one attached hydrogen (secondary N) is 3. The third-order valence-corrected chi connectivity index (χ3v) is 19.7. The number of nitrogens with two attached hydrogens (primary N) is 3. The quantitative estimate of drug-likeness (QED) is 0.0169. The molecule has 122 heavy (non-hydrogen) atoms. The van der Waals surface area contributed by atoms with Gasteiger partial charge < -0.3 is 77.4 Å². The number of carboxylic acids is 6. The molecule has 6 atom stereocenters. The van der Waals surface area contributed by atoms with E-state index < -0.39 is 169 Å². The first-order chi connectivity index (χ1) is 58.0. The van der Waals surface area contributed by atoms with Crippen molar-refractivity contribution in [3.63, 3.8) is 0 Å². The fraction of sp³-hybridized carbons (Fsp3) is 0.302. The van der Waals surface area contributed by atoms with Gasteiger partial charge in [0, 0.05) is 152 Å². The van der Waals surface area contributed by atoms with E-state index in [9.17, 15) is 71.9 Å². The smallest absolute Gasteiger partial charge is 0.304 e. The Balaban J connectivity index is 0.000000252. The highest BCUT2D eigenvalue weighted by molar-refractivity contribution is 6.31. The predicted molar refractivity (Wildman–Crippen MR) is 441 cm³/mol. The molecular weight excluding hydrogens is 1650 g/mol. The van der Waals surface area contributed by atoms with E-state index in [0.717, 1.165) is 50.1 Å². The van der Waals surface area contributed by atoms with Crippen molar-refractivity contribution >= 4 is 123 Å². The Morgan fingerprint density at radius 2 is 0.541 bits per heavy atom. The van der Waals surface area contributed by atoms with Crippen molar-refractivity contribution in [1.29, 1.82) is 0 Å². The standard InChI is InChI=1S/2C29H30ClN3O8.C28H28ClN3O8/c2*30-21-3-1-2-19(14-21)17-4-6-18(7-5-17)24-16-22(41-33-24)9-11-26(35)32-23(10-13-28(38)39)25(34)15-20(29(31)40)8-12-27(36)37;29-20-3-1-2-18(12-20)16-4-6-17(7-5-16)23-15-21(40-32-23)8-10-25(34)31-22(9-11-26(35)36)24(33)13-19(28(30)39)14-27(37)38/h2*1-7,14,16,20,23H,8-13,15H2,(H2,31,40)(H,32,35)(H,36,37)(H,38,39);1-7,12,15,19,22H,8-11,13-14H2,(H2,30,39)(H,31,34)(H,35,36)(H,37,38)/t20-,23+;20-,23-;19-,22-/m010/s1. The fourth-order valence-electron chi connectivity index (χ4n) is 12.4. The van der Waals surface area contributed by atoms with Gasteiger partial charge in [0.2, 0.25) is 35.4 Å². The van der Waals surface area contributed by atoms with Crippen LogP contribution in [0, 0.1) is 17.8 Å². The number of carbonyl (C=O) groups is 15. The summed E-state index contributed by atoms with van der Waals surface area (Å²) in [6.45, 7) is 0. The van der Waals surface area contributed by atoms with Crippen molar-refractivity contribution < 1.29 is 116 Å². The number of Topliss-reactive ketones (excluding diaryl/α,β-unsaturated/α-hetero) is 3. The van der Waals surface area contributed by atoms with Gasteiger partial charge in [0.05, 0.1) is 30.5 Å². The van der Waals surface area contributed by atoms with Crippen molar-refractivity contribution in [1.82, 2.24) is 31.4 Å². The van der Waals surface area contributed by atoms with Crippen molar-refractivity contribution in [3.8, 4) is 67.2 Å². The third-order valence-electron chi connectivity index (χ3n) is 19.0. The van der Waals surface area contributed by atoms with Crippen LogP contribution in [0.2, 0.25) is 15.1 Å². The van der Waals surface area contributed by atoms with Gasteiger partial charge >= 0.3 is 35.8 Å². The first kappa shape index (κ1) is 95.6. The molecule has 0 saturated heterocycles. The van der Waals surface area contributed by atoms with E-state index >= 15 is 0 Å². The molecule has 0 spiro atoms. The van der Waals surface area contributed by atoms with E-state index in [1.165, 1.54) is 0 Å². The zero-order chi connectivity index (χ0) is 89.1. The van der Waals surface area contributed by atoms with E-state index in [0.29, 0.717) is 49.4 Å². The monoisotopic (exact) mass is 1740 g/mol. The minimum atomic E-state index is -1.31. The topological polar surface area (TPSA) is 570 Å². The van der Waals surface area contributed by atoms with Crippen LogP contribution in [0.4, 0.5) is 0 Å². The Morgan fingerprint density at radius 1 is 0.295 bits per heavy atom. The molecule has 0 aliphatic carbocycles. The lowest BCUT2D eigenvalue weighted by atomic mass is 9.92. The molecule has 0 aliphatic heterocycles. The maximum Gasteiger partial charge on any atom is 0.304 e. The number of aliphatic carboxylic acids is 6. The maximum atomic E-state index is 12.8. The Hall–Kier alpha value is -13.5. The summed E-state index contributed by atoms with van der Waals surface area (Å²) < 4.78 is 16.1. The van der Waals surface area contributed by atoms with E-state index in [1.807, 2.05) is 127 Å². The van der Waals surface area contributed by atoms with Gasteiger partial charge in [0.15, 0.2) is 17.3 Å². The first-order valence-electron chi connectivity index (χ1n) is 38.2. The van der Waals surface area contributed by atoms with Crippen LogP contribution in [0.1, 0.15) is 126 Å². The van der Waals surface area contributed by atoms with Gasteiger partial charge in [0.25, 0.3) is 0 Å². The number of carbonyl (C=O) groups excluding carboxylic acids is 9. The van der Waals surface area contributed by atoms with Crippen molar-refractivity contribution in [2.75, 3.05) is 0 Å². The van der Waals surface area contributed by atoms with Gasteiger partial charge in [-0.3, -0.25) is 71.9 Å². The lowest BCUT2D eigenvalue weighted by Gasteiger charge is -2.19. The van der Waals surface area contributed by atoms with E-state index in [4.69, 9.17) is 96.2 Å². The Bertz CT molecular complexity index is 4990. The van der Waals surface area contributed by atoms with E-state index in [2.05, 4.69) is 31.4 Å². The molecule has 0 aliphatic rings. The van der Waals surface area contributed by atoms with Crippen LogP contribution in [-0.2, 0) is 91.2 Å². The number of halogens is 3. The number of hydrogen-bond donors (Lipinski definition) is 12. The number of benzene rings is 6. The van der Waals surface area contributed by atoms with Crippen molar-refractivity contribution in [2.45, 2.75) is 147 Å². The van der Waals surface area contributed by atoms with Gasteiger partial charge in [0.1, 0.15) is 34.4 Å². The van der Waals surface area contributed by atoms with Crippen molar-refractivity contribution in [2.24, 2.45) is 35.0 Å². The predicted octanol–water partition coefficient (Wildman–Crippen LogP) is 11.2. The Morgan fingerprint density at radius 3 is 0.779 bits per heavy atom. The van der Waals surface area contributed by atoms with Gasteiger partial charge in [-0.15, -0.1) is 0 Å². The summed E-state index contributed by atoms with van der Waals surface area (Å²) in [7, 11) is 0. The Labute approximate surface area is 712 Å². The number of primary amides is 3. The molecule has 6 aromatic carbocycles. The zero-order valence-corrected chi connectivity index (χ0v) is 67.7. The average molecular weight is 1740 g/mol. The van der Waals surface area contributed by atoms with Crippen molar-refractivity contribution in [3.05, 3.63) is 196 Å². The highest BCUT2D eigenvalue weighted by atomic mass is 35.5. The maximum absolute atomic E-state index is 12.8. The molecule has 0 bridgehead atoms. The van der Waals surface area contributed by atoms with Gasteiger partial charge in [-0.2, -0.15) is 0 Å². The minimum absolute atomic E-state index is 0.0720. The van der Waals surface area contributed by atoms with Crippen LogP contribution < -0.4 is 33.2 Å². The zero-order valence-electron chi connectivity index (χ0n) is 65.4. The molecule has 33 nitrogen and oxygen atoms in total. The number of amides is 6. The number of carboxylic acid groups (broad SMARTS) is 6. The summed E-state index contributed by atoms with van der Waals surface area (Å²) in [5.74, 6) is -15.3. The molecule has 9 aromatic rings. The number of aromatic nitrogens is 3. The van der Waals surface area contributed by atoms with E-state index in [1.54, 1.807) is 36.4 Å². The largest absolute Gasteiger partial charge is 0.481 e. The average Bonchev–Trinajstić information content (AvgIpc) is 1.59. The normalized spacial score (nSPS) is 12.3. The van der Waals surface area contributed by atoms with Crippen LogP contribution in [0.15, 0.2) is 177 Å². The number of aryl methyl sites for hydroxylation is 3. The lowest BCUT2D eigenvalue weighted by Crippen LogP contribution is -2.43. The highest BCUT2D eigenvalue weighted by Crippen LogP contribution is 2.32. The molecule has 15 N–H and O–H groups in total. The molecule has 9 rings (SSSR count). The molecule has 3 aromatic heterocycles. The molecule has 0 fully saturated rings. The van der Waals surface area contributed by atoms with E-state index in [-0.39, 0.29) is 83.5 Å². The second kappa shape index (κ2) is 47.9. The van der Waals surface area contributed by atoms with Crippen LogP contribution >= 0.6 is 34.8 Å². The molecule has 642 valence electrons. The summed E-state index contributed by atoms with van der Waals surface area (Å²) in [5.41, 5.74) is 25.8. The lowest BCUT2D eigenvalue weighted by molar-refractivity contribution is -0.141. The second-order valence-electron chi connectivity index (χ2n) is 28.2. The summed E-state index contributed by atoms with van der Waals surface area (Å²) in [6, 6.07) is 46.9. The number of hydrogen-bond acceptors (Lipinski definition) is 21. The molecular formula is C86H88Cl3N9O24. The number of rotatable bonds is 47. The number of ketones is 3. The summed E-state index contributed by atoms with van der Waals surface area (Å²) in [4.78, 5) is 177. The minimum Gasteiger partial charge on any atom is -0.481 e. The molecule has 36 heteroatoms. The second-order valence-corrected chi connectivity index (χ2v) is 29.5. The number of nitrogens with zero attached hydrogens (tertiary/aromatic N) is 3. The van der Waals surface area contributed by atoms with Crippen LogP contribution in [0.5, 0.6) is 0 Å². The van der Waals surface area contributed by atoms with Gasteiger partial charge in [-0.05, 0) is 102 Å². The summed E-state index contributed by atoms with van der Waals surface area (Å²) >= 11 is 18.2. The SMILES string of the molecule is NC(=O)[C@@H](CCC(=O)O)CC(=O)[C@@H](CCC(=O)O)NC(=O)CCc1cc(-c2ccc(-c3cccc(Cl)c3)cc2)no1.NC(=O)[C@H](CC(=O)O)CC(=O)[C@H](CCC(=O)O)NC(=O)CCc1cc(-c2ccc(-c3cccc(Cl)c3)cc2)no1.NC(=O)[C@H](CCC(=O)O)CC(=O)[C@@H](CCC(=O)O)NC(=O)CCc1cc(-c2ccc(-c3cccc(Cl)c3)cc2)no1. The first-order valence-corrected chi connectivity index (χ1v) is 39.3. The summed E-state index contributed by atoms with van der Waals surface area (Å²) in [6.07, 6.45) is -4.58. The highest BCUT2D eigenvalue weighted by Gasteiger charge is 2.32. The van der Waals surface area contributed by atoms with Crippen LogP contribution in [0.25, 0.3) is 67.2 Å². The molecule has 0 saturated carbocycles. The molecule has 3 heterocycles. The third kappa shape index (κ3) is 33.0. The molecule has 0 unspecified atom stereocenters. The molecule has 6 amide bonds. The van der Waals surface area contributed by atoms with Crippen LogP contribution in [0.3, 0.4) is 0 Å².